The number of aliphatic imine (C=N–C) groups is 1. The quantitative estimate of drug-likeness (QED) is 0.266. The molecule has 0 fully saturated rings. The molecule has 8 heteroatoms. The lowest BCUT2D eigenvalue weighted by atomic mass is 10.2. The Morgan fingerprint density at radius 1 is 1.00 bits per heavy atom. The molecule has 144 valence electrons. The lowest BCUT2D eigenvalue weighted by molar-refractivity contribution is 0.483. The molecule has 3 aromatic rings. The van der Waals surface area contributed by atoms with Gasteiger partial charge in [0.05, 0.1) is 14.6 Å². The van der Waals surface area contributed by atoms with E-state index in [9.17, 15) is 8.42 Å². The molecule has 3 aromatic carbocycles. The van der Waals surface area contributed by atoms with E-state index in [-0.39, 0.29) is 10.6 Å². The van der Waals surface area contributed by atoms with Crippen molar-refractivity contribution in [3.8, 4) is 5.75 Å². The van der Waals surface area contributed by atoms with Crippen molar-refractivity contribution in [1.29, 1.82) is 0 Å². The van der Waals surface area contributed by atoms with E-state index in [1.807, 2.05) is 25.1 Å². The first-order valence-corrected chi connectivity index (χ1v) is 11.4. The number of benzene rings is 3. The summed E-state index contributed by atoms with van der Waals surface area (Å²) in [6, 6.07) is 16.9. The monoisotopic (exact) mass is 541 g/mol. The van der Waals surface area contributed by atoms with Gasteiger partial charge in [-0.3, -0.25) is 4.99 Å². The Labute approximate surface area is 185 Å². The van der Waals surface area contributed by atoms with Crippen LogP contribution in [-0.4, -0.2) is 14.6 Å². The largest absolute Gasteiger partial charge is 0.377 e. The number of rotatable bonds is 5. The van der Waals surface area contributed by atoms with Gasteiger partial charge >= 0.3 is 10.1 Å². The van der Waals surface area contributed by atoms with E-state index in [2.05, 4.69) is 36.9 Å². The van der Waals surface area contributed by atoms with E-state index in [1.54, 1.807) is 36.5 Å². The molecule has 0 heterocycles. The Morgan fingerprint density at radius 2 is 1.64 bits per heavy atom. The zero-order valence-electron chi connectivity index (χ0n) is 14.6. The maximum Gasteiger partial charge on any atom is 0.339 e. The Balaban J connectivity index is 1.89. The third-order valence-electron chi connectivity index (χ3n) is 3.84. The lowest BCUT2D eigenvalue weighted by Crippen LogP contribution is -2.10. The number of halogens is 3. The first-order valence-electron chi connectivity index (χ1n) is 8.06. The molecule has 0 saturated heterocycles. The molecule has 3 rings (SSSR count). The second kappa shape index (κ2) is 8.78. The molecule has 0 spiro atoms. The van der Waals surface area contributed by atoms with Crippen molar-refractivity contribution < 1.29 is 12.6 Å². The van der Waals surface area contributed by atoms with Crippen molar-refractivity contribution in [2.75, 3.05) is 0 Å². The summed E-state index contributed by atoms with van der Waals surface area (Å²) in [6.45, 7) is 1.90. The zero-order valence-corrected chi connectivity index (χ0v) is 19.3. The normalized spacial score (nSPS) is 11.7. The van der Waals surface area contributed by atoms with E-state index >= 15 is 0 Å². The molecule has 0 radical (unpaired) electrons. The van der Waals surface area contributed by atoms with E-state index in [0.717, 1.165) is 16.8 Å². The smallest absolute Gasteiger partial charge is 0.339 e. The highest BCUT2D eigenvalue weighted by Crippen LogP contribution is 2.36. The Morgan fingerprint density at radius 3 is 2.29 bits per heavy atom. The number of hydrogen-bond acceptors (Lipinski definition) is 4. The fourth-order valence-corrected chi connectivity index (χ4v) is 5.11. The van der Waals surface area contributed by atoms with Crippen LogP contribution in [0.15, 0.2) is 79.5 Å². The van der Waals surface area contributed by atoms with Crippen molar-refractivity contribution in [1.82, 2.24) is 0 Å². The molecule has 0 saturated carbocycles. The average molecular weight is 544 g/mol. The van der Waals surface area contributed by atoms with Gasteiger partial charge < -0.3 is 4.18 Å². The molecule has 0 unspecified atom stereocenters. The summed E-state index contributed by atoms with van der Waals surface area (Å²) in [5, 5.41) is 0.645. The first-order chi connectivity index (χ1) is 13.3. The number of hydrogen-bond donors (Lipinski definition) is 0. The van der Waals surface area contributed by atoms with Crippen molar-refractivity contribution in [3.05, 3.63) is 85.8 Å². The maximum absolute atomic E-state index is 12.5. The average Bonchev–Trinajstić information content (AvgIpc) is 2.66. The standard InChI is InChI=1S/C20H14Br2ClNO3S/c1-13-18(23)8-5-9-19(13)24-12-14-10-16(21)20(17(22)11-14)27-28(25,26)15-6-3-2-4-7-15/h2-12H,1H3. The van der Waals surface area contributed by atoms with Gasteiger partial charge in [-0.05, 0) is 86.3 Å². The molecular formula is C20H14Br2ClNO3S. The molecule has 0 aliphatic rings. The molecule has 0 bridgehead atoms. The van der Waals surface area contributed by atoms with Crippen LogP contribution in [0, 0.1) is 6.92 Å². The van der Waals surface area contributed by atoms with Gasteiger partial charge in [0, 0.05) is 11.2 Å². The van der Waals surface area contributed by atoms with Crippen LogP contribution in [0.5, 0.6) is 5.75 Å². The van der Waals surface area contributed by atoms with Crippen molar-refractivity contribution in [2.24, 2.45) is 4.99 Å². The summed E-state index contributed by atoms with van der Waals surface area (Å²) in [4.78, 5) is 4.54. The predicted molar refractivity (Wildman–Crippen MR) is 120 cm³/mol. The molecule has 0 aliphatic heterocycles. The van der Waals surface area contributed by atoms with Gasteiger partial charge in [0.2, 0.25) is 0 Å². The van der Waals surface area contributed by atoms with Gasteiger partial charge in [0.1, 0.15) is 4.90 Å². The minimum atomic E-state index is -3.95. The fourth-order valence-electron chi connectivity index (χ4n) is 2.36. The van der Waals surface area contributed by atoms with Crippen LogP contribution in [0.25, 0.3) is 0 Å². The highest BCUT2D eigenvalue weighted by Gasteiger charge is 2.20. The Hall–Kier alpha value is -1.67. The van der Waals surface area contributed by atoms with Crippen LogP contribution < -0.4 is 4.18 Å². The van der Waals surface area contributed by atoms with Gasteiger partial charge in [-0.2, -0.15) is 8.42 Å². The summed E-state index contributed by atoms with van der Waals surface area (Å²) in [5.41, 5.74) is 2.39. The second-order valence-electron chi connectivity index (χ2n) is 5.81. The number of nitrogens with zero attached hydrogens (tertiary/aromatic N) is 1. The van der Waals surface area contributed by atoms with Crippen LogP contribution in [-0.2, 0) is 10.1 Å². The molecule has 0 amide bonds. The minimum absolute atomic E-state index is 0.0795. The van der Waals surface area contributed by atoms with Crippen LogP contribution in [0.1, 0.15) is 11.1 Å². The SMILES string of the molecule is Cc1c(Cl)cccc1N=Cc1cc(Br)c(OS(=O)(=O)c2ccccc2)c(Br)c1. The highest BCUT2D eigenvalue weighted by molar-refractivity contribution is 9.11. The maximum atomic E-state index is 12.5. The zero-order chi connectivity index (χ0) is 20.3. The summed E-state index contributed by atoms with van der Waals surface area (Å²) >= 11 is 12.9. The van der Waals surface area contributed by atoms with E-state index in [0.29, 0.717) is 14.0 Å². The molecule has 0 N–H and O–H groups in total. The molecular weight excluding hydrogens is 530 g/mol. The minimum Gasteiger partial charge on any atom is -0.377 e. The van der Waals surface area contributed by atoms with Gasteiger partial charge in [-0.15, -0.1) is 0 Å². The second-order valence-corrected chi connectivity index (χ2v) is 9.47. The fraction of sp³-hybridized carbons (Fsp3) is 0.0500. The summed E-state index contributed by atoms with van der Waals surface area (Å²) in [5.74, 6) is 0.167. The third kappa shape index (κ3) is 4.84. The topological polar surface area (TPSA) is 55.7 Å². The summed E-state index contributed by atoms with van der Waals surface area (Å²) in [6.07, 6.45) is 1.67. The van der Waals surface area contributed by atoms with E-state index in [1.165, 1.54) is 12.1 Å². The molecule has 0 atom stereocenters. The predicted octanol–water partition coefficient (Wildman–Crippen LogP) is 6.69. The van der Waals surface area contributed by atoms with Gasteiger partial charge in [-0.25, -0.2) is 0 Å². The van der Waals surface area contributed by atoms with Gasteiger partial charge in [0.25, 0.3) is 0 Å². The third-order valence-corrected chi connectivity index (χ3v) is 6.66. The molecule has 28 heavy (non-hydrogen) atoms. The van der Waals surface area contributed by atoms with Crippen molar-refractivity contribution in [2.45, 2.75) is 11.8 Å². The van der Waals surface area contributed by atoms with E-state index < -0.39 is 10.1 Å². The van der Waals surface area contributed by atoms with Crippen LogP contribution in [0.3, 0.4) is 0 Å². The van der Waals surface area contributed by atoms with Crippen LogP contribution in [0.2, 0.25) is 5.02 Å². The van der Waals surface area contributed by atoms with Gasteiger partial charge in [-0.1, -0.05) is 35.9 Å². The van der Waals surface area contributed by atoms with Crippen molar-refractivity contribution >= 4 is 65.5 Å². The van der Waals surface area contributed by atoms with Crippen LogP contribution >= 0.6 is 43.5 Å². The van der Waals surface area contributed by atoms with Crippen LogP contribution in [0.4, 0.5) is 5.69 Å². The lowest BCUT2D eigenvalue weighted by Gasteiger charge is -2.11. The Bertz CT molecular complexity index is 1130. The first kappa shape index (κ1) is 21.0. The Kier molecular flexibility index (Phi) is 6.60. The van der Waals surface area contributed by atoms with E-state index in [4.69, 9.17) is 15.8 Å². The summed E-state index contributed by atoms with van der Waals surface area (Å²) < 4.78 is 31.2. The molecule has 0 aliphatic carbocycles. The molecule has 4 nitrogen and oxygen atoms in total. The van der Waals surface area contributed by atoms with Gasteiger partial charge in [0.15, 0.2) is 5.75 Å². The molecule has 0 aromatic heterocycles. The van der Waals surface area contributed by atoms with Crippen molar-refractivity contribution in [3.63, 3.8) is 0 Å². The summed E-state index contributed by atoms with van der Waals surface area (Å²) in [7, 11) is -3.95. The highest BCUT2D eigenvalue weighted by atomic mass is 79.9.